The molecule has 0 aromatic heterocycles. The molecule has 3 nitrogen and oxygen atoms in total. The maximum absolute atomic E-state index is 12.9. The summed E-state index contributed by atoms with van der Waals surface area (Å²) >= 11 is 4.68. The van der Waals surface area contributed by atoms with Crippen molar-refractivity contribution in [3.8, 4) is 12.1 Å². The number of nitrogens with one attached hydrogen (secondary N) is 1. The van der Waals surface area contributed by atoms with E-state index in [1.54, 1.807) is 12.1 Å². The molecule has 0 amide bonds. The first-order valence-electron chi connectivity index (χ1n) is 6.56. The van der Waals surface area contributed by atoms with Crippen molar-refractivity contribution in [1.82, 2.24) is 0 Å². The van der Waals surface area contributed by atoms with Crippen LogP contribution in [0.1, 0.15) is 5.56 Å². The van der Waals surface area contributed by atoms with Crippen LogP contribution < -0.4 is 5.32 Å². The Bertz CT molecular complexity index is 771. The Morgan fingerprint density at radius 1 is 1.04 bits per heavy atom. The van der Waals surface area contributed by atoms with Gasteiger partial charge in [-0.15, -0.1) is 11.8 Å². The van der Waals surface area contributed by atoms with E-state index in [-0.39, 0.29) is 11.4 Å². The van der Waals surface area contributed by atoms with Gasteiger partial charge in [-0.1, -0.05) is 28.1 Å². The van der Waals surface area contributed by atoms with E-state index < -0.39 is 0 Å². The van der Waals surface area contributed by atoms with Gasteiger partial charge in [-0.3, -0.25) is 0 Å². The molecule has 114 valence electrons. The van der Waals surface area contributed by atoms with Crippen molar-refractivity contribution in [3.63, 3.8) is 0 Å². The predicted octanol–water partition coefficient (Wildman–Crippen LogP) is 5.19. The first-order chi connectivity index (χ1) is 11.1. The number of benzene rings is 2. The summed E-state index contributed by atoms with van der Waals surface area (Å²) in [4.78, 5) is 0. The number of thioether (sulfide) groups is 1. The third-order valence-corrected chi connectivity index (χ3v) is 4.45. The van der Waals surface area contributed by atoms with Gasteiger partial charge in [0.25, 0.3) is 0 Å². The van der Waals surface area contributed by atoms with Crippen molar-refractivity contribution < 1.29 is 4.39 Å². The first-order valence-corrected chi connectivity index (χ1v) is 8.34. The minimum Gasteiger partial charge on any atom is -0.349 e. The molecule has 0 bridgehead atoms. The lowest BCUT2D eigenvalue weighted by Crippen LogP contribution is -2.00. The highest BCUT2D eigenvalue weighted by Gasteiger charge is 2.09. The summed E-state index contributed by atoms with van der Waals surface area (Å²) in [5, 5.41) is 21.8. The highest BCUT2D eigenvalue weighted by Crippen LogP contribution is 2.27. The van der Waals surface area contributed by atoms with Gasteiger partial charge in [-0.25, -0.2) is 4.39 Å². The molecule has 0 heterocycles. The molecular weight excluding hydrogens is 377 g/mol. The lowest BCUT2D eigenvalue weighted by Gasteiger charge is -2.11. The Labute approximate surface area is 146 Å². The SMILES string of the molecule is N#CC(C#N)=C(Nc1ccc(Br)cc1)SCc1ccc(F)cc1. The van der Waals surface area contributed by atoms with Crippen LogP contribution in [0, 0.1) is 28.5 Å². The van der Waals surface area contributed by atoms with E-state index in [2.05, 4.69) is 21.2 Å². The smallest absolute Gasteiger partial charge is 0.159 e. The highest BCUT2D eigenvalue weighted by atomic mass is 79.9. The van der Waals surface area contributed by atoms with E-state index in [0.29, 0.717) is 10.8 Å². The Kier molecular flexibility index (Phi) is 6.22. The van der Waals surface area contributed by atoms with Crippen LogP contribution in [0.5, 0.6) is 0 Å². The summed E-state index contributed by atoms with van der Waals surface area (Å²) in [7, 11) is 0. The average molecular weight is 388 g/mol. The van der Waals surface area contributed by atoms with E-state index in [4.69, 9.17) is 10.5 Å². The molecule has 0 fully saturated rings. The zero-order valence-electron chi connectivity index (χ0n) is 11.9. The normalized spacial score (nSPS) is 9.57. The van der Waals surface area contributed by atoms with Crippen LogP contribution in [0.4, 0.5) is 10.1 Å². The number of rotatable bonds is 5. The quantitative estimate of drug-likeness (QED) is 0.716. The molecule has 0 aliphatic heterocycles. The van der Waals surface area contributed by atoms with Gasteiger partial charge in [0.05, 0.1) is 0 Å². The second-order valence-corrected chi connectivity index (χ2v) is 6.38. The van der Waals surface area contributed by atoms with Crippen LogP contribution in [-0.2, 0) is 5.75 Å². The number of halogens is 2. The Balaban J connectivity index is 2.17. The molecule has 2 aromatic carbocycles. The summed E-state index contributed by atoms with van der Waals surface area (Å²) in [6.07, 6.45) is 0. The zero-order chi connectivity index (χ0) is 16.7. The molecule has 0 atom stereocenters. The molecule has 0 aliphatic rings. The molecule has 0 saturated heterocycles. The van der Waals surface area contributed by atoms with E-state index >= 15 is 0 Å². The molecule has 1 N–H and O–H groups in total. The molecule has 0 spiro atoms. The fraction of sp³-hybridized carbons (Fsp3) is 0.0588. The second kappa shape index (κ2) is 8.38. The summed E-state index contributed by atoms with van der Waals surface area (Å²) in [6, 6.07) is 17.3. The van der Waals surface area contributed by atoms with Crippen LogP contribution in [-0.4, -0.2) is 0 Å². The van der Waals surface area contributed by atoms with Gasteiger partial charge in [-0.2, -0.15) is 10.5 Å². The minimum atomic E-state index is -0.294. The largest absolute Gasteiger partial charge is 0.349 e. The van der Waals surface area contributed by atoms with Gasteiger partial charge in [-0.05, 0) is 42.0 Å². The molecule has 2 aromatic rings. The molecule has 0 aliphatic carbocycles. The van der Waals surface area contributed by atoms with Crippen molar-refractivity contribution >= 4 is 33.4 Å². The number of hydrogen-bond donors (Lipinski definition) is 1. The van der Waals surface area contributed by atoms with Crippen LogP contribution in [0.3, 0.4) is 0 Å². The van der Waals surface area contributed by atoms with Gasteiger partial charge in [0.15, 0.2) is 5.57 Å². The topological polar surface area (TPSA) is 59.6 Å². The van der Waals surface area contributed by atoms with Gasteiger partial charge >= 0.3 is 0 Å². The van der Waals surface area contributed by atoms with Gasteiger partial charge in [0.1, 0.15) is 23.0 Å². The number of hydrogen-bond acceptors (Lipinski definition) is 4. The van der Waals surface area contributed by atoms with Crippen LogP contribution in [0.2, 0.25) is 0 Å². The number of anilines is 1. The summed E-state index contributed by atoms with van der Waals surface area (Å²) < 4.78 is 13.9. The average Bonchev–Trinajstić information content (AvgIpc) is 2.57. The molecule has 0 saturated carbocycles. The number of nitriles is 2. The second-order valence-electron chi connectivity index (χ2n) is 4.47. The van der Waals surface area contributed by atoms with Crippen LogP contribution >= 0.6 is 27.7 Å². The minimum absolute atomic E-state index is 0.0139. The fourth-order valence-electron chi connectivity index (χ4n) is 1.70. The fourth-order valence-corrected chi connectivity index (χ4v) is 2.89. The third-order valence-electron chi connectivity index (χ3n) is 2.85. The van der Waals surface area contributed by atoms with Crippen LogP contribution in [0.15, 0.2) is 63.6 Å². The number of nitrogens with zero attached hydrogens (tertiary/aromatic N) is 2. The molecular formula is C17H11BrFN3S. The number of allylic oxidation sites excluding steroid dienone is 1. The van der Waals surface area contributed by atoms with Crippen molar-refractivity contribution in [2.24, 2.45) is 0 Å². The van der Waals surface area contributed by atoms with E-state index in [1.165, 1.54) is 23.9 Å². The van der Waals surface area contributed by atoms with E-state index in [9.17, 15) is 4.39 Å². The molecule has 6 heteroatoms. The molecule has 23 heavy (non-hydrogen) atoms. The lowest BCUT2D eigenvalue weighted by molar-refractivity contribution is 0.627. The monoisotopic (exact) mass is 387 g/mol. The maximum atomic E-state index is 12.9. The van der Waals surface area contributed by atoms with Gasteiger partial charge in [0.2, 0.25) is 0 Å². The van der Waals surface area contributed by atoms with Crippen LogP contribution in [0.25, 0.3) is 0 Å². The lowest BCUT2D eigenvalue weighted by atomic mass is 10.2. The molecule has 0 radical (unpaired) electrons. The molecule has 2 rings (SSSR count). The van der Waals surface area contributed by atoms with Gasteiger partial charge < -0.3 is 5.32 Å². The zero-order valence-corrected chi connectivity index (χ0v) is 14.3. The van der Waals surface area contributed by atoms with Gasteiger partial charge in [0, 0.05) is 15.9 Å². The summed E-state index contributed by atoms with van der Waals surface area (Å²) in [5.41, 5.74) is 1.69. The van der Waals surface area contributed by atoms with Crippen molar-refractivity contribution in [3.05, 3.63) is 75.0 Å². The van der Waals surface area contributed by atoms with Crippen molar-refractivity contribution in [1.29, 1.82) is 10.5 Å². The maximum Gasteiger partial charge on any atom is 0.159 e. The molecule has 0 unspecified atom stereocenters. The summed E-state index contributed by atoms with van der Waals surface area (Å²) in [6.45, 7) is 0. The van der Waals surface area contributed by atoms with Crippen molar-refractivity contribution in [2.45, 2.75) is 5.75 Å². The summed E-state index contributed by atoms with van der Waals surface area (Å²) in [5.74, 6) is 0.226. The van der Waals surface area contributed by atoms with Crippen molar-refractivity contribution in [2.75, 3.05) is 5.32 Å². The standard InChI is InChI=1S/C17H11BrFN3S/c18-14-3-7-16(8-4-14)22-17(13(9-20)10-21)23-11-12-1-5-15(19)6-2-12/h1-8,22H,11H2. The predicted molar refractivity (Wildman–Crippen MR) is 93.7 cm³/mol. The van der Waals surface area contributed by atoms with E-state index in [0.717, 1.165) is 15.7 Å². The first kappa shape index (κ1) is 17.1. The Hall–Kier alpha value is -2.28. The highest BCUT2D eigenvalue weighted by molar-refractivity contribution is 9.10. The van der Waals surface area contributed by atoms with E-state index in [1.807, 2.05) is 36.4 Å². The third kappa shape index (κ3) is 5.14. The Morgan fingerprint density at radius 3 is 2.22 bits per heavy atom. The Morgan fingerprint density at radius 2 is 1.65 bits per heavy atom.